The molecule has 0 fully saturated rings. The SMILES string of the molecule is CC(CO)N(C)CC#Cc1ccc(Cl)cc1. The van der Waals surface area contributed by atoms with Crippen molar-refractivity contribution in [1.29, 1.82) is 0 Å². The predicted octanol–water partition coefficient (Wildman–Crippen LogP) is 2.00. The van der Waals surface area contributed by atoms with E-state index in [4.69, 9.17) is 16.7 Å². The van der Waals surface area contributed by atoms with Crippen LogP contribution in [0.3, 0.4) is 0 Å². The summed E-state index contributed by atoms with van der Waals surface area (Å²) in [6.07, 6.45) is 0. The maximum absolute atomic E-state index is 8.95. The fourth-order valence-electron chi connectivity index (χ4n) is 1.09. The van der Waals surface area contributed by atoms with Crippen molar-refractivity contribution in [3.05, 3.63) is 34.9 Å². The van der Waals surface area contributed by atoms with E-state index >= 15 is 0 Å². The van der Waals surface area contributed by atoms with Crippen LogP contribution >= 0.6 is 11.6 Å². The Balaban J connectivity index is 2.52. The highest BCUT2D eigenvalue weighted by atomic mass is 35.5. The molecule has 1 aromatic carbocycles. The highest BCUT2D eigenvalue weighted by Crippen LogP contribution is 2.08. The van der Waals surface area contributed by atoms with Crippen molar-refractivity contribution in [2.45, 2.75) is 13.0 Å². The summed E-state index contributed by atoms with van der Waals surface area (Å²) >= 11 is 5.77. The van der Waals surface area contributed by atoms with Gasteiger partial charge in [-0.3, -0.25) is 4.90 Å². The van der Waals surface area contributed by atoms with Crippen molar-refractivity contribution in [3.63, 3.8) is 0 Å². The molecule has 0 saturated carbocycles. The second-order valence-corrected chi connectivity index (χ2v) is 4.19. The monoisotopic (exact) mass is 237 g/mol. The molecule has 1 aromatic rings. The lowest BCUT2D eigenvalue weighted by molar-refractivity contribution is 0.171. The van der Waals surface area contributed by atoms with Gasteiger partial charge in [-0.05, 0) is 38.2 Å². The average Bonchev–Trinajstić information content (AvgIpc) is 2.30. The maximum Gasteiger partial charge on any atom is 0.0605 e. The van der Waals surface area contributed by atoms with Gasteiger partial charge >= 0.3 is 0 Å². The lowest BCUT2D eigenvalue weighted by Crippen LogP contribution is -2.32. The molecule has 2 nitrogen and oxygen atoms in total. The van der Waals surface area contributed by atoms with Crippen LogP contribution in [-0.4, -0.2) is 36.2 Å². The zero-order valence-electron chi connectivity index (χ0n) is 9.57. The number of aliphatic hydroxyl groups is 1. The van der Waals surface area contributed by atoms with Gasteiger partial charge in [0.2, 0.25) is 0 Å². The van der Waals surface area contributed by atoms with Gasteiger partial charge in [-0.25, -0.2) is 0 Å². The molecule has 0 aliphatic heterocycles. The van der Waals surface area contributed by atoms with Crippen LogP contribution in [-0.2, 0) is 0 Å². The molecule has 0 amide bonds. The van der Waals surface area contributed by atoms with Crippen LogP contribution in [0.1, 0.15) is 12.5 Å². The Bertz CT molecular complexity index is 377. The Morgan fingerprint density at radius 3 is 2.56 bits per heavy atom. The summed E-state index contributed by atoms with van der Waals surface area (Å²) in [6, 6.07) is 7.58. The topological polar surface area (TPSA) is 23.5 Å². The molecule has 3 heteroatoms. The average molecular weight is 238 g/mol. The molecule has 0 aromatic heterocycles. The van der Waals surface area contributed by atoms with Gasteiger partial charge in [-0.15, -0.1) is 0 Å². The summed E-state index contributed by atoms with van der Waals surface area (Å²) in [7, 11) is 1.94. The molecule has 1 unspecified atom stereocenters. The molecule has 0 spiro atoms. The first-order valence-corrected chi connectivity index (χ1v) is 5.57. The minimum atomic E-state index is 0.138. The van der Waals surface area contributed by atoms with E-state index in [1.54, 1.807) is 0 Å². The van der Waals surface area contributed by atoms with E-state index in [0.29, 0.717) is 6.54 Å². The molecule has 1 rings (SSSR count). The van der Waals surface area contributed by atoms with E-state index in [1.807, 2.05) is 43.1 Å². The van der Waals surface area contributed by atoms with Crippen LogP contribution in [0.4, 0.5) is 0 Å². The molecule has 86 valence electrons. The zero-order valence-corrected chi connectivity index (χ0v) is 10.3. The van der Waals surface area contributed by atoms with Gasteiger partial charge in [0, 0.05) is 16.6 Å². The number of likely N-dealkylation sites (N-methyl/N-ethyl adjacent to an activating group) is 1. The van der Waals surface area contributed by atoms with E-state index < -0.39 is 0 Å². The number of nitrogens with zero attached hydrogens (tertiary/aromatic N) is 1. The van der Waals surface area contributed by atoms with Crippen LogP contribution in [0.5, 0.6) is 0 Å². The lowest BCUT2D eigenvalue weighted by Gasteiger charge is -2.19. The third-order valence-electron chi connectivity index (χ3n) is 2.42. The molecule has 0 radical (unpaired) electrons. The Hall–Kier alpha value is -1.01. The van der Waals surface area contributed by atoms with E-state index in [-0.39, 0.29) is 12.6 Å². The van der Waals surface area contributed by atoms with Gasteiger partial charge in [-0.2, -0.15) is 0 Å². The Labute approximate surface area is 102 Å². The van der Waals surface area contributed by atoms with Crippen molar-refractivity contribution >= 4 is 11.6 Å². The molecule has 1 N–H and O–H groups in total. The number of rotatable bonds is 3. The normalized spacial score (nSPS) is 12.1. The summed E-state index contributed by atoms with van der Waals surface area (Å²) in [6.45, 7) is 2.76. The van der Waals surface area contributed by atoms with Crippen molar-refractivity contribution in [3.8, 4) is 11.8 Å². The smallest absolute Gasteiger partial charge is 0.0605 e. The summed E-state index contributed by atoms with van der Waals surface area (Å²) < 4.78 is 0. The lowest BCUT2D eigenvalue weighted by atomic mass is 10.2. The fraction of sp³-hybridized carbons (Fsp3) is 0.385. The number of hydrogen-bond donors (Lipinski definition) is 1. The van der Waals surface area contributed by atoms with Crippen molar-refractivity contribution in [2.75, 3.05) is 20.2 Å². The Morgan fingerprint density at radius 2 is 2.00 bits per heavy atom. The molecular weight excluding hydrogens is 222 g/mol. The van der Waals surface area contributed by atoms with Crippen LogP contribution in [0, 0.1) is 11.8 Å². The number of hydrogen-bond acceptors (Lipinski definition) is 2. The molecule has 0 aliphatic rings. The first kappa shape index (κ1) is 13.1. The highest BCUT2D eigenvalue weighted by Gasteiger charge is 2.04. The van der Waals surface area contributed by atoms with Crippen LogP contribution < -0.4 is 0 Å². The fourth-order valence-corrected chi connectivity index (χ4v) is 1.22. The van der Waals surface area contributed by atoms with E-state index in [0.717, 1.165) is 10.6 Å². The molecule has 16 heavy (non-hydrogen) atoms. The Morgan fingerprint density at radius 1 is 1.38 bits per heavy atom. The Kier molecular flexibility index (Phi) is 5.34. The number of benzene rings is 1. The van der Waals surface area contributed by atoms with Gasteiger partial charge in [0.15, 0.2) is 0 Å². The quantitative estimate of drug-likeness (QED) is 0.813. The van der Waals surface area contributed by atoms with Crippen LogP contribution in [0.2, 0.25) is 5.02 Å². The van der Waals surface area contributed by atoms with E-state index in [9.17, 15) is 0 Å². The van der Waals surface area contributed by atoms with Crippen LogP contribution in [0.25, 0.3) is 0 Å². The number of halogens is 1. The van der Waals surface area contributed by atoms with Gasteiger partial charge in [-0.1, -0.05) is 23.4 Å². The summed E-state index contributed by atoms with van der Waals surface area (Å²) in [5, 5.41) is 9.67. The van der Waals surface area contributed by atoms with Crippen molar-refractivity contribution < 1.29 is 5.11 Å². The zero-order chi connectivity index (χ0) is 12.0. The highest BCUT2D eigenvalue weighted by molar-refractivity contribution is 6.30. The van der Waals surface area contributed by atoms with Gasteiger partial charge < -0.3 is 5.11 Å². The number of aliphatic hydroxyl groups excluding tert-OH is 1. The van der Waals surface area contributed by atoms with Crippen molar-refractivity contribution in [1.82, 2.24) is 4.90 Å². The molecule has 0 aliphatic carbocycles. The predicted molar refractivity (Wildman–Crippen MR) is 67.5 cm³/mol. The largest absolute Gasteiger partial charge is 0.395 e. The standard InChI is InChI=1S/C13H16ClNO/c1-11(10-16)15(2)9-3-4-12-5-7-13(14)8-6-12/h5-8,11,16H,9-10H2,1-2H3. The molecule has 0 heterocycles. The third kappa shape index (κ3) is 4.24. The van der Waals surface area contributed by atoms with Gasteiger partial charge in [0.05, 0.1) is 13.2 Å². The van der Waals surface area contributed by atoms with Gasteiger partial charge in [0.25, 0.3) is 0 Å². The summed E-state index contributed by atoms with van der Waals surface area (Å²) in [5.74, 6) is 6.11. The second kappa shape index (κ2) is 6.55. The first-order valence-electron chi connectivity index (χ1n) is 5.19. The van der Waals surface area contributed by atoms with Crippen LogP contribution in [0.15, 0.2) is 24.3 Å². The molecule has 1 atom stereocenters. The molecule has 0 bridgehead atoms. The first-order chi connectivity index (χ1) is 7.63. The second-order valence-electron chi connectivity index (χ2n) is 3.76. The molecular formula is C13H16ClNO. The summed E-state index contributed by atoms with van der Waals surface area (Å²) in [4.78, 5) is 2.00. The summed E-state index contributed by atoms with van der Waals surface area (Å²) in [5.41, 5.74) is 0.953. The maximum atomic E-state index is 8.95. The van der Waals surface area contributed by atoms with E-state index in [2.05, 4.69) is 11.8 Å². The minimum absolute atomic E-state index is 0.138. The van der Waals surface area contributed by atoms with Gasteiger partial charge in [0.1, 0.15) is 0 Å². The van der Waals surface area contributed by atoms with Crippen molar-refractivity contribution in [2.24, 2.45) is 0 Å². The minimum Gasteiger partial charge on any atom is -0.395 e. The van der Waals surface area contributed by atoms with E-state index in [1.165, 1.54) is 0 Å². The third-order valence-corrected chi connectivity index (χ3v) is 2.67. The molecule has 0 saturated heterocycles.